The maximum absolute atomic E-state index is 11.4. The fourth-order valence-electron chi connectivity index (χ4n) is 2.28. The van der Waals surface area contributed by atoms with Gasteiger partial charge in [-0.25, -0.2) is 0 Å². The van der Waals surface area contributed by atoms with Crippen LogP contribution in [-0.2, 0) is 17.8 Å². The fourth-order valence-corrected chi connectivity index (χ4v) is 2.28. The number of benzene rings is 1. The Kier molecular flexibility index (Phi) is 3.27. The summed E-state index contributed by atoms with van der Waals surface area (Å²) in [6.07, 6.45) is 2.48. The molecule has 21 heavy (non-hydrogen) atoms. The first kappa shape index (κ1) is 13.1. The highest BCUT2D eigenvalue weighted by molar-refractivity contribution is 5.95. The van der Waals surface area contributed by atoms with Crippen LogP contribution in [-0.4, -0.2) is 21.0 Å². The lowest BCUT2D eigenvalue weighted by atomic mass is 10.0. The molecular weight excluding hydrogens is 274 g/mol. The van der Waals surface area contributed by atoms with Crippen LogP contribution in [0.1, 0.15) is 17.7 Å². The second-order valence-electron chi connectivity index (χ2n) is 4.77. The predicted octanol–water partition coefficient (Wildman–Crippen LogP) is 1.81. The van der Waals surface area contributed by atoms with Crippen LogP contribution >= 0.6 is 0 Å². The van der Waals surface area contributed by atoms with Gasteiger partial charge in [0.25, 0.3) is 5.69 Å². The molecule has 0 bridgehead atoms. The Morgan fingerprint density at radius 3 is 2.95 bits per heavy atom. The highest BCUT2D eigenvalue weighted by Crippen LogP contribution is 2.34. The summed E-state index contributed by atoms with van der Waals surface area (Å²) in [6, 6.07) is 4.91. The van der Waals surface area contributed by atoms with Gasteiger partial charge < -0.3 is 10.6 Å². The van der Waals surface area contributed by atoms with Gasteiger partial charge in [-0.2, -0.15) is 5.10 Å². The van der Waals surface area contributed by atoms with E-state index in [-0.39, 0.29) is 11.6 Å². The molecular formula is C13H13N5O3. The van der Waals surface area contributed by atoms with Gasteiger partial charge in [0, 0.05) is 24.4 Å². The molecule has 108 valence electrons. The SMILES string of the molecule is O=C1CCc2cc([N+](=O)[O-])c(NCc3ccn[nH]3)cc2N1. The largest absolute Gasteiger partial charge is 0.374 e. The number of aromatic nitrogens is 2. The Morgan fingerprint density at radius 1 is 1.38 bits per heavy atom. The van der Waals surface area contributed by atoms with Crippen LogP contribution in [0.3, 0.4) is 0 Å². The third kappa shape index (κ3) is 2.69. The number of hydrogen-bond donors (Lipinski definition) is 3. The lowest BCUT2D eigenvalue weighted by molar-refractivity contribution is -0.384. The average molecular weight is 287 g/mol. The number of nitro groups is 1. The van der Waals surface area contributed by atoms with Crippen LogP contribution in [0.5, 0.6) is 0 Å². The number of aromatic amines is 1. The number of aryl methyl sites for hydroxylation is 1. The van der Waals surface area contributed by atoms with Gasteiger partial charge in [-0.05, 0) is 24.1 Å². The Morgan fingerprint density at radius 2 is 2.24 bits per heavy atom. The first-order chi connectivity index (χ1) is 10.1. The third-order valence-corrected chi connectivity index (χ3v) is 3.34. The van der Waals surface area contributed by atoms with Gasteiger partial charge in [-0.3, -0.25) is 20.0 Å². The second-order valence-corrected chi connectivity index (χ2v) is 4.77. The molecule has 0 saturated heterocycles. The first-order valence-corrected chi connectivity index (χ1v) is 6.47. The molecule has 0 fully saturated rings. The zero-order valence-corrected chi connectivity index (χ0v) is 11.0. The molecule has 8 heteroatoms. The van der Waals surface area contributed by atoms with E-state index < -0.39 is 4.92 Å². The van der Waals surface area contributed by atoms with Crippen molar-refractivity contribution in [2.75, 3.05) is 10.6 Å². The second kappa shape index (κ2) is 5.23. The van der Waals surface area contributed by atoms with E-state index in [9.17, 15) is 14.9 Å². The number of anilines is 2. The van der Waals surface area contributed by atoms with Crippen molar-refractivity contribution in [3.8, 4) is 0 Å². The molecule has 0 spiro atoms. The molecule has 1 aliphatic rings. The van der Waals surface area contributed by atoms with Crippen molar-refractivity contribution in [2.45, 2.75) is 19.4 Å². The summed E-state index contributed by atoms with van der Waals surface area (Å²) in [5.41, 5.74) is 2.60. The molecule has 1 aromatic heterocycles. The van der Waals surface area contributed by atoms with E-state index in [1.54, 1.807) is 18.3 Å². The molecule has 1 aliphatic heterocycles. The zero-order valence-electron chi connectivity index (χ0n) is 11.0. The maximum Gasteiger partial charge on any atom is 0.292 e. The topological polar surface area (TPSA) is 113 Å². The minimum absolute atomic E-state index is 0.00409. The summed E-state index contributed by atoms with van der Waals surface area (Å²) >= 11 is 0. The van der Waals surface area contributed by atoms with Crippen LogP contribution < -0.4 is 10.6 Å². The van der Waals surface area contributed by atoms with Gasteiger partial charge in [0.15, 0.2) is 0 Å². The van der Waals surface area contributed by atoms with Crippen molar-refractivity contribution in [1.29, 1.82) is 0 Å². The lowest BCUT2D eigenvalue weighted by Gasteiger charge is -2.18. The molecule has 2 aromatic rings. The molecule has 0 saturated carbocycles. The molecule has 3 N–H and O–H groups in total. The molecule has 8 nitrogen and oxygen atoms in total. The van der Waals surface area contributed by atoms with Crippen LogP contribution in [0.2, 0.25) is 0 Å². The highest BCUT2D eigenvalue weighted by Gasteiger charge is 2.22. The molecule has 1 amide bonds. The molecule has 2 heterocycles. The third-order valence-electron chi connectivity index (χ3n) is 3.34. The van der Waals surface area contributed by atoms with Crippen molar-refractivity contribution >= 4 is 23.0 Å². The Bertz CT molecular complexity index is 696. The summed E-state index contributed by atoms with van der Waals surface area (Å²) in [4.78, 5) is 22.2. The van der Waals surface area contributed by atoms with Gasteiger partial charge >= 0.3 is 0 Å². The number of fused-ring (bicyclic) bond motifs is 1. The number of hydrogen-bond acceptors (Lipinski definition) is 5. The van der Waals surface area contributed by atoms with Crippen molar-refractivity contribution in [2.24, 2.45) is 0 Å². The minimum atomic E-state index is -0.425. The maximum atomic E-state index is 11.4. The Hall–Kier alpha value is -2.90. The van der Waals surface area contributed by atoms with Crippen molar-refractivity contribution in [3.63, 3.8) is 0 Å². The number of carbonyl (C=O) groups is 1. The van der Waals surface area contributed by atoms with Crippen molar-refractivity contribution in [3.05, 3.63) is 45.8 Å². The molecule has 0 unspecified atom stereocenters. The highest BCUT2D eigenvalue weighted by atomic mass is 16.6. The molecule has 0 aliphatic carbocycles. The van der Waals surface area contributed by atoms with E-state index in [2.05, 4.69) is 20.8 Å². The van der Waals surface area contributed by atoms with E-state index in [1.165, 1.54) is 6.07 Å². The van der Waals surface area contributed by atoms with Gasteiger partial charge in [-0.1, -0.05) is 0 Å². The number of nitro benzene ring substituents is 1. The molecule has 3 rings (SSSR count). The van der Waals surface area contributed by atoms with E-state index in [4.69, 9.17) is 0 Å². The summed E-state index contributed by atoms with van der Waals surface area (Å²) in [7, 11) is 0. The van der Waals surface area contributed by atoms with Crippen molar-refractivity contribution < 1.29 is 9.72 Å². The number of nitrogens with zero attached hydrogens (tertiary/aromatic N) is 2. The van der Waals surface area contributed by atoms with E-state index in [0.717, 1.165) is 11.3 Å². The summed E-state index contributed by atoms with van der Waals surface area (Å²) < 4.78 is 0. The molecule has 0 radical (unpaired) electrons. The van der Waals surface area contributed by atoms with Gasteiger partial charge in [-0.15, -0.1) is 0 Å². The smallest absolute Gasteiger partial charge is 0.292 e. The average Bonchev–Trinajstić information content (AvgIpc) is 2.97. The Balaban J connectivity index is 1.91. The summed E-state index contributed by atoms with van der Waals surface area (Å²) in [5, 5.41) is 23.5. The number of nitrogens with one attached hydrogen (secondary N) is 3. The predicted molar refractivity (Wildman–Crippen MR) is 76.0 cm³/mol. The van der Waals surface area contributed by atoms with Crippen LogP contribution in [0.25, 0.3) is 0 Å². The number of H-pyrrole nitrogens is 1. The van der Waals surface area contributed by atoms with Gasteiger partial charge in [0.1, 0.15) is 5.69 Å². The van der Waals surface area contributed by atoms with Gasteiger partial charge in [0.05, 0.1) is 17.2 Å². The van der Waals surface area contributed by atoms with Crippen LogP contribution in [0.4, 0.5) is 17.1 Å². The Labute approximate surface area is 119 Å². The molecule has 0 atom stereocenters. The van der Waals surface area contributed by atoms with Crippen LogP contribution in [0.15, 0.2) is 24.4 Å². The van der Waals surface area contributed by atoms with E-state index >= 15 is 0 Å². The number of carbonyl (C=O) groups excluding carboxylic acids is 1. The van der Waals surface area contributed by atoms with Crippen molar-refractivity contribution in [1.82, 2.24) is 10.2 Å². The van der Waals surface area contributed by atoms with Crippen LogP contribution in [0, 0.1) is 10.1 Å². The quantitative estimate of drug-likeness (QED) is 0.586. The number of amides is 1. The normalized spacial score (nSPS) is 13.4. The fraction of sp³-hybridized carbons (Fsp3) is 0.231. The van der Waals surface area contributed by atoms with Gasteiger partial charge in [0.2, 0.25) is 5.91 Å². The minimum Gasteiger partial charge on any atom is -0.374 e. The summed E-state index contributed by atoms with van der Waals surface area (Å²) in [5.74, 6) is -0.0733. The first-order valence-electron chi connectivity index (χ1n) is 6.47. The standard InChI is InChI=1S/C13H13N5O3/c19-13-2-1-8-5-12(18(20)21)11(6-10(8)16-13)14-7-9-3-4-15-17-9/h3-6,14H,1-2,7H2,(H,15,17)(H,16,19). The monoisotopic (exact) mass is 287 g/mol. The van der Waals surface area contributed by atoms with E-state index in [0.29, 0.717) is 30.8 Å². The number of rotatable bonds is 4. The zero-order chi connectivity index (χ0) is 14.8. The van der Waals surface area contributed by atoms with E-state index in [1.807, 2.05) is 0 Å². The molecule has 1 aromatic carbocycles. The lowest BCUT2D eigenvalue weighted by Crippen LogP contribution is -2.19. The summed E-state index contributed by atoms with van der Waals surface area (Å²) in [6.45, 7) is 0.383.